The van der Waals surface area contributed by atoms with Crippen LogP contribution in [0.2, 0.25) is 0 Å². The lowest BCUT2D eigenvalue weighted by Crippen LogP contribution is -2.49. The first-order chi connectivity index (χ1) is 7.33. The highest BCUT2D eigenvalue weighted by Gasteiger charge is 2.45. The average Bonchev–Trinajstić information content (AvgIpc) is 2.41. The third-order valence-electron chi connectivity index (χ3n) is 5.26. The molecule has 2 atom stereocenters. The lowest BCUT2D eigenvalue weighted by Gasteiger charge is -2.47. The van der Waals surface area contributed by atoms with Crippen LogP contribution in [0.4, 0.5) is 0 Å². The largest absolute Gasteiger partial charge is 0.298 e. The lowest BCUT2D eigenvalue weighted by molar-refractivity contribution is 0.0246. The molecule has 2 aliphatic rings. The van der Waals surface area contributed by atoms with Gasteiger partial charge < -0.3 is 0 Å². The Hall–Kier alpha value is -0.0400. The van der Waals surface area contributed by atoms with Gasteiger partial charge in [0, 0.05) is 5.54 Å². The maximum Gasteiger partial charge on any atom is 0.0125 e. The summed E-state index contributed by atoms with van der Waals surface area (Å²) in [6.45, 7) is 14.6. The molecule has 1 heterocycles. The first kappa shape index (κ1) is 12.4. The fourth-order valence-corrected chi connectivity index (χ4v) is 4.15. The van der Waals surface area contributed by atoms with Gasteiger partial charge >= 0.3 is 0 Å². The summed E-state index contributed by atoms with van der Waals surface area (Å²) in [5, 5.41) is 0. The van der Waals surface area contributed by atoms with E-state index in [0.717, 1.165) is 11.8 Å². The van der Waals surface area contributed by atoms with Crippen LogP contribution < -0.4 is 0 Å². The molecule has 16 heavy (non-hydrogen) atoms. The van der Waals surface area contributed by atoms with Crippen molar-refractivity contribution in [2.24, 2.45) is 17.3 Å². The van der Waals surface area contributed by atoms with Crippen LogP contribution in [-0.2, 0) is 0 Å². The molecule has 0 aromatic heterocycles. The summed E-state index contributed by atoms with van der Waals surface area (Å²) < 4.78 is 0. The van der Waals surface area contributed by atoms with Crippen LogP contribution in [-0.4, -0.2) is 23.5 Å². The van der Waals surface area contributed by atoms with E-state index in [1.54, 1.807) is 0 Å². The van der Waals surface area contributed by atoms with Gasteiger partial charge in [0.25, 0.3) is 0 Å². The molecule has 1 spiro atoms. The predicted molar refractivity (Wildman–Crippen MR) is 70.6 cm³/mol. The summed E-state index contributed by atoms with van der Waals surface area (Å²) >= 11 is 0. The van der Waals surface area contributed by atoms with Crippen molar-refractivity contribution >= 4 is 0 Å². The summed E-state index contributed by atoms with van der Waals surface area (Å²) in [5.41, 5.74) is 1.08. The fourth-order valence-electron chi connectivity index (χ4n) is 4.15. The first-order valence-electron chi connectivity index (χ1n) is 7.08. The highest BCUT2D eigenvalue weighted by molar-refractivity contribution is 4.97. The van der Waals surface area contributed by atoms with Gasteiger partial charge in [-0.1, -0.05) is 13.8 Å². The molecule has 2 unspecified atom stereocenters. The predicted octanol–water partition coefficient (Wildman–Crippen LogP) is 3.93. The van der Waals surface area contributed by atoms with E-state index in [-0.39, 0.29) is 0 Å². The molecule has 1 nitrogen and oxygen atoms in total. The minimum absolute atomic E-state index is 0.370. The summed E-state index contributed by atoms with van der Waals surface area (Å²) in [6.07, 6.45) is 5.84. The van der Waals surface area contributed by atoms with Crippen molar-refractivity contribution in [2.45, 2.75) is 65.8 Å². The molecule has 0 aromatic rings. The number of likely N-dealkylation sites (tertiary alicyclic amines) is 1. The molecule has 1 saturated carbocycles. The molecule has 1 aliphatic carbocycles. The maximum absolute atomic E-state index is 2.67. The zero-order chi connectivity index (χ0) is 12.0. The molecular formula is C15H29N. The van der Waals surface area contributed by atoms with Crippen LogP contribution in [0.5, 0.6) is 0 Å². The van der Waals surface area contributed by atoms with E-state index >= 15 is 0 Å². The van der Waals surface area contributed by atoms with Gasteiger partial charge in [0.1, 0.15) is 0 Å². The molecule has 1 heteroatoms. The SMILES string of the molecule is CC1CC(C)C2(CCN(C(C)(C)C)CC2)C1. The fraction of sp³-hybridized carbons (Fsp3) is 1.00. The Labute approximate surface area is 102 Å². The topological polar surface area (TPSA) is 3.24 Å². The van der Waals surface area contributed by atoms with E-state index in [4.69, 9.17) is 0 Å². The number of nitrogens with zero attached hydrogens (tertiary/aromatic N) is 1. The van der Waals surface area contributed by atoms with Crippen molar-refractivity contribution in [1.82, 2.24) is 4.90 Å². The standard InChI is InChI=1S/C15H29N/c1-12-10-13(2)15(11-12)6-8-16(9-7-15)14(3,4)5/h12-13H,6-11H2,1-5H3. The van der Waals surface area contributed by atoms with E-state index in [2.05, 4.69) is 39.5 Å². The quantitative estimate of drug-likeness (QED) is 0.601. The summed E-state index contributed by atoms with van der Waals surface area (Å²) in [5.74, 6) is 1.93. The van der Waals surface area contributed by atoms with Gasteiger partial charge in [-0.05, 0) is 76.8 Å². The highest BCUT2D eigenvalue weighted by atomic mass is 15.2. The van der Waals surface area contributed by atoms with E-state index in [1.807, 2.05) is 0 Å². The number of piperidine rings is 1. The summed E-state index contributed by atoms with van der Waals surface area (Å²) in [4.78, 5) is 2.67. The molecule has 2 rings (SSSR count). The number of hydrogen-bond acceptors (Lipinski definition) is 1. The smallest absolute Gasteiger partial charge is 0.0125 e. The van der Waals surface area contributed by atoms with Gasteiger partial charge in [-0.3, -0.25) is 4.90 Å². The first-order valence-corrected chi connectivity index (χ1v) is 7.08. The van der Waals surface area contributed by atoms with E-state index in [9.17, 15) is 0 Å². The average molecular weight is 223 g/mol. The number of hydrogen-bond donors (Lipinski definition) is 0. The monoisotopic (exact) mass is 223 g/mol. The van der Waals surface area contributed by atoms with Crippen LogP contribution >= 0.6 is 0 Å². The second kappa shape index (κ2) is 4.01. The Kier molecular flexibility index (Phi) is 3.11. The van der Waals surface area contributed by atoms with Gasteiger partial charge in [-0.15, -0.1) is 0 Å². The minimum Gasteiger partial charge on any atom is -0.298 e. The second-order valence-electron chi connectivity index (χ2n) is 7.47. The van der Waals surface area contributed by atoms with Crippen molar-refractivity contribution in [3.8, 4) is 0 Å². The van der Waals surface area contributed by atoms with Crippen molar-refractivity contribution < 1.29 is 0 Å². The summed E-state index contributed by atoms with van der Waals surface area (Å²) in [6, 6.07) is 0. The molecule has 1 aliphatic heterocycles. The molecule has 1 saturated heterocycles. The Bertz CT molecular complexity index is 243. The Morgan fingerprint density at radius 1 is 1.06 bits per heavy atom. The van der Waals surface area contributed by atoms with E-state index in [0.29, 0.717) is 11.0 Å². The van der Waals surface area contributed by atoms with Crippen molar-refractivity contribution in [1.29, 1.82) is 0 Å². The number of rotatable bonds is 0. The van der Waals surface area contributed by atoms with E-state index in [1.165, 1.54) is 38.8 Å². The van der Waals surface area contributed by atoms with Gasteiger partial charge in [-0.25, -0.2) is 0 Å². The van der Waals surface area contributed by atoms with Crippen LogP contribution in [0, 0.1) is 17.3 Å². The Morgan fingerprint density at radius 3 is 2.00 bits per heavy atom. The van der Waals surface area contributed by atoms with Crippen molar-refractivity contribution in [2.75, 3.05) is 13.1 Å². The second-order valence-corrected chi connectivity index (χ2v) is 7.47. The third-order valence-corrected chi connectivity index (χ3v) is 5.26. The van der Waals surface area contributed by atoms with Gasteiger partial charge in [0.2, 0.25) is 0 Å². The Balaban J connectivity index is 1.99. The van der Waals surface area contributed by atoms with Gasteiger partial charge in [0.05, 0.1) is 0 Å². The van der Waals surface area contributed by atoms with Crippen molar-refractivity contribution in [3.05, 3.63) is 0 Å². The van der Waals surface area contributed by atoms with Gasteiger partial charge in [-0.2, -0.15) is 0 Å². The third kappa shape index (κ3) is 2.16. The van der Waals surface area contributed by atoms with Crippen LogP contribution in [0.1, 0.15) is 60.3 Å². The van der Waals surface area contributed by atoms with E-state index < -0.39 is 0 Å². The molecule has 0 bridgehead atoms. The zero-order valence-corrected chi connectivity index (χ0v) is 11.8. The summed E-state index contributed by atoms with van der Waals surface area (Å²) in [7, 11) is 0. The zero-order valence-electron chi connectivity index (χ0n) is 11.8. The normalized spacial score (nSPS) is 35.8. The molecule has 2 fully saturated rings. The van der Waals surface area contributed by atoms with Gasteiger partial charge in [0.15, 0.2) is 0 Å². The molecule has 0 aromatic carbocycles. The molecule has 94 valence electrons. The molecule has 0 radical (unpaired) electrons. The van der Waals surface area contributed by atoms with Crippen molar-refractivity contribution in [3.63, 3.8) is 0 Å². The maximum atomic E-state index is 2.67. The molecule has 0 N–H and O–H groups in total. The highest BCUT2D eigenvalue weighted by Crippen LogP contribution is 2.52. The lowest BCUT2D eigenvalue weighted by atomic mass is 9.70. The Morgan fingerprint density at radius 2 is 1.62 bits per heavy atom. The van der Waals surface area contributed by atoms with Crippen LogP contribution in [0.25, 0.3) is 0 Å². The molecular weight excluding hydrogens is 194 g/mol. The molecule has 0 amide bonds. The minimum atomic E-state index is 0.370. The van der Waals surface area contributed by atoms with Crippen LogP contribution in [0.15, 0.2) is 0 Å². The van der Waals surface area contributed by atoms with Crippen LogP contribution in [0.3, 0.4) is 0 Å².